The number of aromatic nitrogens is 3. The molecule has 0 saturated carbocycles. The zero-order valence-corrected chi connectivity index (χ0v) is 26.5. The van der Waals surface area contributed by atoms with E-state index in [9.17, 15) is 14.7 Å². The molecule has 4 aliphatic rings. The Morgan fingerprint density at radius 3 is 2.33 bits per heavy atom. The summed E-state index contributed by atoms with van der Waals surface area (Å²) in [6.45, 7) is 2.09. The predicted octanol–water partition coefficient (Wildman–Crippen LogP) is 2.96. The minimum absolute atomic E-state index is 0.0900. The van der Waals surface area contributed by atoms with Crippen LogP contribution in [-0.2, 0) is 32.2 Å². The lowest BCUT2D eigenvalue weighted by molar-refractivity contribution is -0.155. The van der Waals surface area contributed by atoms with Crippen molar-refractivity contribution in [3.8, 4) is 0 Å². The molecule has 5 heterocycles. The number of hydrogen-bond donors (Lipinski definition) is 1. The number of benzene rings is 3. The number of hydrogen-bond acceptors (Lipinski definition) is 7. The summed E-state index contributed by atoms with van der Waals surface area (Å²) in [6.07, 6.45) is 7.76. The zero-order valence-electron chi connectivity index (χ0n) is 26.5. The summed E-state index contributed by atoms with van der Waals surface area (Å²) in [5, 5.41) is 19.4. The van der Waals surface area contributed by atoms with E-state index in [1.807, 2.05) is 116 Å². The molecule has 2 fully saturated rings. The first-order valence-corrected chi connectivity index (χ1v) is 16.3. The number of para-hydroxylation sites is 2. The third kappa shape index (κ3) is 4.60. The number of carbonyl (C=O) groups excluding carboxylic acids is 3. The van der Waals surface area contributed by atoms with Crippen LogP contribution in [-0.4, -0.2) is 90.6 Å². The van der Waals surface area contributed by atoms with E-state index < -0.39 is 35.1 Å². The van der Waals surface area contributed by atoms with Crippen molar-refractivity contribution in [1.82, 2.24) is 24.8 Å². The lowest BCUT2D eigenvalue weighted by atomic mass is 9.74. The summed E-state index contributed by atoms with van der Waals surface area (Å²) in [5.74, 6) is -2.91. The van der Waals surface area contributed by atoms with E-state index in [0.29, 0.717) is 24.2 Å². The van der Waals surface area contributed by atoms with Gasteiger partial charge in [0, 0.05) is 18.8 Å². The van der Waals surface area contributed by atoms with Crippen molar-refractivity contribution in [2.75, 3.05) is 24.6 Å². The number of anilines is 1. The van der Waals surface area contributed by atoms with Gasteiger partial charge in [0.05, 0.1) is 35.6 Å². The minimum atomic E-state index is -1.46. The molecule has 6 atom stereocenters. The Morgan fingerprint density at radius 1 is 0.854 bits per heavy atom. The molecule has 4 aromatic rings. The van der Waals surface area contributed by atoms with E-state index in [1.165, 1.54) is 4.90 Å². The van der Waals surface area contributed by atoms with Crippen molar-refractivity contribution in [2.45, 2.75) is 43.3 Å². The molecular formula is C37H36N6O5. The van der Waals surface area contributed by atoms with Crippen molar-refractivity contribution < 1.29 is 24.2 Å². The molecule has 1 spiro atoms. The molecule has 2 saturated heterocycles. The Hall–Kier alpha value is -5.13. The number of ether oxygens (including phenoxy) is 1. The van der Waals surface area contributed by atoms with E-state index in [4.69, 9.17) is 4.74 Å². The van der Waals surface area contributed by atoms with Gasteiger partial charge >= 0.3 is 0 Å². The van der Waals surface area contributed by atoms with Gasteiger partial charge in [-0.3, -0.25) is 14.4 Å². The highest BCUT2D eigenvalue weighted by Gasteiger charge is 2.75. The summed E-state index contributed by atoms with van der Waals surface area (Å²) in [4.78, 5) is 49.4. The lowest BCUT2D eigenvalue weighted by Gasteiger charge is -2.40. The monoisotopic (exact) mass is 644 g/mol. The fourth-order valence-electron chi connectivity index (χ4n) is 8.19. The number of carbonyl (C=O) groups is 3. The average Bonchev–Trinajstić information content (AvgIpc) is 3.64. The Kier molecular flexibility index (Phi) is 7.26. The van der Waals surface area contributed by atoms with Crippen molar-refractivity contribution in [1.29, 1.82) is 0 Å². The van der Waals surface area contributed by atoms with Crippen molar-refractivity contribution in [3.05, 3.63) is 115 Å². The molecule has 3 amide bonds. The smallest absolute Gasteiger partial charge is 0.250 e. The van der Waals surface area contributed by atoms with E-state index in [-0.39, 0.29) is 37.5 Å². The fraction of sp³-hybridized carbons (Fsp3) is 0.324. The van der Waals surface area contributed by atoms with Gasteiger partial charge in [-0.2, -0.15) is 0 Å². The summed E-state index contributed by atoms with van der Waals surface area (Å²) in [6, 6.07) is 24.6. The molecule has 11 nitrogen and oxygen atoms in total. The van der Waals surface area contributed by atoms with E-state index in [2.05, 4.69) is 10.3 Å². The van der Waals surface area contributed by atoms with Crippen LogP contribution < -0.4 is 4.90 Å². The molecular weight excluding hydrogens is 608 g/mol. The van der Waals surface area contributed by atoms with Crippen LogP contribution in [0.15, 0.2) is 109 Å². The normalized spacial score (nSPS) is 28.8. The highest BCUT2D eigenvalue weighted by atomic mass is 16.5. The number of aliphatic hydroxyl groups is 1. The lowest BCUT2D eigenvalue weighted by Crippen LogP contribution is -2.59. The molecule has 244 valence electrons. The Bertz CT molecular complexity index is 1950. The van der Waals surface area contributed by atoms with Gasteiger partial charge in [0.2, 0.25) is 11.8 Å². The third-order valence-electron chi connectivity index (χ3n) is 10.3. The van der Waals surface area contributed by atoms with Gasteiger partial charge < -0.3 is 24.5 Å². The topological polar surface area (TPSA) is 121 Å². The third-order valence-corrected chi connectivity index (χ3v) is 10.3. The first kappa shape index (κ1) is 30.2. The second-order valence-corrected chi connectivity index (χ2v) is 13.1. The van der Waals surface area contributed by atoms with Crippen LogP contribution in [0, 0.1) is 11.8 Å². The van der Waals surface area contributed by atoms with E-state index in [1.54, 1.807) is 14.5 Å². The minimum Gasteiger partial charge on any atom is -0.394 e. The largest absolute Gasteiger partial charge is 0.394 e. The van der Waals surface area contributed by atoms with Crippen LogP contribution >= 0.6 is 0 Å². The van der Waals surface area contributed by atoms with Crippen LogP contribution in [0.4, 0.5) is 5.69 Å². The van der Waals surface area contributed by atoms with Crippen LogP contribution in [0.3, 0.4) is 0 Å². The van der Waals surface area contributed by atoms with Gasteiger partial charge in [-0.25, -0.2) is 4.68 Å². The van der Waals surface area contributed by atoms with Crippen LogP contribution in [0.1, 0.15) is 12.5 Å². The molecule has 0 bridgehead atoms. The molecule has 48 heavy (non-hydrogen) atoms. The van der Waals surface area contributed by atoms with Gasteiger partial charge in [-0.05, 0) is 43.2 Å². The molecule has 3 aromatic carbocycles. The number of rotatable bonds is 7. The standard InChI is InChI=1S/C37H36N6O5/c1-36-18-10-21-41(26-14-6-3-7-15-26)33(45)30(36)31-34(46)43(27(23-44)22-25-12-4-2-5-13-25)32-35(47)40(20-11-19-37(31,32)48-36)24-42-29-17-9-8-16-28(29)38-39-42/h2-19,27,30-32,44H,20-24H2,1H3/t27-,30-,31+,32?,36+,37+/m1/s1. The van der Waals surface area contributed by atoms with Gasteiger partial charge in [0.1, 0.15) is 23.8 Å². The van der Waals surface area contributed by atoms with Gasteiger partial charge in [-0.1, -0.05) is 90.2 Å². The SMILES string of the molecule is C[C@]12C=CCN(c3ccccc3)C(=O)[C@H]1[C@H]1C(=O)N([C@@H](CO)Cc3ccccc3)C3C(=O)N(Cn4nnc5ccccc54)CC=C[C@@]31O2. The van der Waals surface area contributed by atoms with Crippen molar-refractivity contribution in [2.24, 2.45) is 11.8 Å². The summed E-state index contributed by atoms with van der Waals surface area (Å²) < 4.78 is 8.67. The van der Waals surface area contributed by atoms with Gasteiger partial charge in [-0.15, -0.1) is 5.10 Å². The summed E-state index contributed by atoms with van der Waals surface area (Å²) in [7, 11) is 0. The second kappa shape index (κ2) is 11.5. The first-order chi connectivity index (χ1) is 23.3. The predicted molar refractivity (Wildman–Crippen MR) is 177 cm³/mol. The quantitative estimate of drug-likeness (QED) is 0.307. The molecule has 0 aliphatic carbocycles. The average molecular weight is 645 g/mol. The summed E-state index contributed by atoms with van der Waals surface area (Å²) in [5.41, 5.74) is 0.470. The van der Waals surface area contributed by atoms with Crippen molar-refractivity contribution >= 4 is 34.4 Å². The number of amides is 3. The highest BCUT2D eigenvalue weighted by molar-refractivity contribution is 6.04. The van der Waals surface area contributed by atoms with Crippen LogP contribution in [0.25, 0.3) is 11.0 Å². The van der Waals surface area contributed by atoms with Gasteiger partial charge in [0.25, 0.3) is 5.91 Å². The molecule has 1 aromatic heterocycles. The zero-order chi connectivity index (χ0) is 33.0. The van der Waals surface area contributed by atoms with E-state index >= 15 is 4.79 Å². The maximum absolute atomic E-state index is 15.0. The molecule has 1 unspecified atom stereocenters. The van der Waals surface area contributed by atoms with Gasteiger partial charge in [0.15, 0.2) is 0 Å². The fourth-order valence-corrected chi connectivity index (χ4v) is 8.19. The second-order valence-electron chi connectivity index (χ2n) is 13.1. The summed E-state index contributed by atoms with van der Waals surface area (Å²) >= 11 is 0. The Labute approximate surface area is 277 Å². The molecule has 11 heteroatoms. The number of nitrogens with zero attached hydrogens (tertiary/aromatic N) is 6. The maximum Gasteiger partial charge on any atom is 0.250 e. The molecule has 8 rings (SSSR count). The number of fused-ring (bicyclic) bond motifs is 3. The van der Waals surface area contributed by atoms with Crippen molar-refractivity contribution in [3.63, 3.8) is 0 Å². The number of likely N-dealkylation sites (tertiary alicyclic amines) is 1. The maximum atomic E-state index is 15.0. The molecule has 4 aliphatic heterocycles. The first-order valence-electron chi connectivity index (χ1n) is 16.3. The Balaban J connectivity index is 1.24. The molecule has 1 N–H and O–H groups in total. The van der Waals surface area contributed by atoms with Crippen LogP contribution in [0.5, 0.6) is 0 Å². The van der Waals surface area contributed by atoms with E-state index in [0.717, 1.165) is 11.1 Å². The molecule has 0 radical (unpaired) electrons. The number of aliphatic hydroxyl groups excluding tert-OH is 1. The highest BCUT2D eigenvalue weighted by Crippen LogP contribution is 2.58. The van der Waals surface area contributed by atoms with Crippen LogP contribution in [0.2, 0.25) is 0 Å². The Morgan fingerprint density at radius 2 is 1.56 bits per heavy atom.